The van der Waals surface area contributed by atoms with Crippen LogP contribution in [-0.2, 0) is 6.42 Å². The standard InChI is InChI=1S/C11H11NO2/c1-3-9(2)8-10-4-6-11(7-5-10)12(13)14/h1,4-7,9H,8H2,2H3. The fourth-order valence-electron chi connectivity index (χ4n) is 1.17. The lowest BCUT2D eigenvalue weighted by atomic mass is 10.0. The third kappa shape index (κ3) is 2.60. The van der Waals surface area contributed by atoms with Crippen LogP contribution in [0.1, 0.15) is 12.5 Å². The highest BCUT2D eigenvalue weighted by Crippen LogP contribution is 2.14. The lowest BCUT2D eigenvalue weighted by molar-refractivity contribution is -0.384. The Morgan fingerprint density at radius 2 is 2.07 bits per heavy atom. The largest absolute Gasteiger partial charge is 0.269 e. The van der Waals surface area contributed by atoms with E-state index in [1.807, 2.05) is 6.92 Å². The SMILES string of the molecule is C#CC(C)Cc1ccc([N+](=O)[O-])cc1. The van der Waals surface area contributed by atoms with Crippen LogP contribution in [0.4, 0.5) is 5.69 Å². The van der Waals surface area contributed by atoms with Gasteiger partial charge in [-0.3, -0.25) is 10.1 Å². The third-order valence-corrected chi connectivity index (χ3v) is 1.97. The van der Waals surface area contributed by atoms with Gasteiger partial charge in [0.05, 0.1) is 4.92 Å². The summed E-state index contributed by atoms with van der Waals surface area (Å²) in [6, 6.07) is 6.48. The van der Waals surface area contributed by atoms with E-state index in [4.69, 9.17) is 6.42 Å². The molecule has 1 aromatic rings. The number of benzene rings is 1. The Labute approximate surface area is 82.9 Å². The molecule has 0 aromatic heterocycles. The van der Waals surface area contributed by atoms with Crippen molar-refractivity contribution in [2.75, 3.05) is 0 Å². The monoisotopic (exact) mass is 189 g/mol. The second-order valence-electron chi connectivity index (χ2n) is 3.20. The van der Waals surface area contributed by atoms with E-state index in [0.29, 0.717) is 0 Å². The molecule has 0 radical (unpaired) electrons. The zero-order valence-electron chi connectivity index (χ0n) is 7.93. The molecule has 0 bridgehead atoms. The quantitative estimate of drug-likeness (QED) is 0.416. The number of rotatable bonds is 3. The molecule has 0 N–H and O–H groups in total. The first kappa shape index (κ1) is 10.3. The van der Waals surface area contributed by atoms with Crippen LogP contribution >= 0.6 is 0 Å². The number of hydrogen-bond acceptors (Lipinski definition) is 2. The van der Waals surface area contributed by atoms with Gasteiger partial charge in [-0.25, -0.2) is 0 Å². The van der Waals surface area contributed by atoms with Crippen molar-refractivity contribution in [2.45, 2.75) is 13.3 Å². The van der Waals surface area contributed by atoms with E-state index in [1.165, 1.54) is 12.1 Å². The molecule has 0 aliphatic rings. The predicted octanol–water partition coefficient (Wildman–Crippen LogP) is 2.41. The van der Waals surface area contributed by atoms with Crippen LogP contribution in [0.5, 0.6) is 0 Å². The zero-order valence-corrected chi connectivity index (χ0v) is 7.93. The number of terminal acetylenes is 1. The van der Waals surface area contributed by atoms with E-state index in [2.05, 4.69) is 5.92 Å². The minimum Gasteiger partial charge on any atom is -0.258 e. The van der Waals surface area contributed by atoms with Gasteiger partial charge in [-0.05, 0) is 12.0 Å². The summed E-state index contributed by atoms with van der Waals surface area (Å²) in [5, 5.41) is 10.4. The second-order valence-corrected chi connectivity index (χ2v) is 3.20. The maximum atomic E-state index is 10.4. The number of nitrogens with zero attached hydrogens (tertiary/aromatic N) is 1. The van der Waals surface area contributed by atoms with Crippen molar-refractivity contribution in [1.29, 1.82) is 0 Å². The Bertz CT molecular complexity index is 362. The highest BCUT2D eigenvalue weighted by atomic mass is 16.6. The van der Waals surface area contributed by atoms with E-state index < -0.39 is 4.92 Å². The van der Waals surface area contributed by atoms with Crippen molar-refractivity contribution in [3.63, 3.8) is 0 Å². The molecule has 1 unspecified atom stereocenters. The normalized spacial score (nSPS) is 11.7. The summed E-state index contributed by atoms with van der Waals surface area (Å²) in [5.41, 5.74) is 1.14. The van der Waals surface area contributed by atoms with E-state index in [9.17, 15) is 10.1 Å². The smallest absolute Gasteiger partial charge is 0.258 e. The van der Waals surface area contributed by atoms with Gasteiger partial charge in [-0.2, -0.15) is 0 Å². The second kappa shape index (κ2) is 4.43. The molecule has 3 heteroatoms. The van der Waals surface area contributed by atoms with Crippen molar-refractivity contribution in [1.82, 2.24) is 0 Å². The van der Waals surface area contributed by atoms with Crippen molar-refractivity contribution in [2.24, 2.45) is 5.92 Å². The molecule has 72 valence electrons. The van der Waals surface area contributed by atoms with Crippen LogP contribution in [-0.4, -0.2) is 4.92 Å². The number of nitro benzene ring substituents is 1. The molecule has 0 aliphatic heterocycles. The molecular weight excluding hydrogens is 178 g/mol. The molecule has 0 saturated carbocycles. The van der Waals surface area contributed by atoms with Crippen molar-refractivity contribution < 1.29 is 4.92 Å². The molecule has 3 nitrogen and oxygen atoms in total. The van der Waals surface area contributed by atoms with Crippen LogP contribution < -0.4 is 0 Å². The van der Waals surface area contributed by atoms with Gasteiger partial charge in [0.15, 0.2) is 0 Å². The third-order valence-electron chi connectivity index (χ3n) is 1.97. The lowest BCUT2D eigenvalue weighted by Gasteiger charge is -2.02. The summed E-state index contributed by atoms with van der Waals surface area (Å²) in [7, 11) is 0. The summed E-state index contributed by atoms with van der Waals surface area (Å²) < 4.78 is 0. The Hall–Kier alpha value is -1.82. The number of nitro groups is 1. The summed E-state index contributed by atoms with van der Waals surface area (Å²) in [4.78, 5) is 9.96. The molecule has 1 atom stereocenters. The molecule has 14 heavy (non-hydrogen) atoms. The molecule has 0 aliphatic carbocycles. The Kier molecular flexibility index (Phi) is 3.24. The maximum absolute atomic E-state index is 10.4. The molecule has 0 amide bonds. The molecule has 0 fully saturated rings. The van der Waals surface area contributed by atoms with Gasteiger partial charge in [-0.1, -0.05) is 19.1 Å². The first-order valence-corrected chi connectivity index (χ1v) is 4.33. The lowest BCUT2D eigenvalue weighted by Crippen LogP contribution is -1.96. The fourth-order valence-corrected chi connectivity index (χ4v) is 1.17. The first-order valence-electron chi connectivity index (χ1n) is 4.33. The van der Waals surface area contributed by atoms with E-state index in [0.717, 1.165) is 12.0 Å². The van der Waals surface area contributed by atoms with Gasteiger partial charge in [0.1, 0.15) is 0 Å². The fraction of sp³-hybridized carbons (Fsp3) is 0.273. The number of hydrogen-bond donors (Lipinski definition) is 0. The summed E-state index contributed by atoms with van der Waals surface area (Å²) in [5.74, 6) is 2.78. The highest BCUT2D eigenvalue weighted by Gasteiger charge is 2.05. The molecular formula is C11H11NO2. The maximum Gasteiger partial charge on any atom is 0.269 e. The van der Waals surface area contributed by atoms with E-state index in [1.54, 1.807) is 12.1 Å². The minimum atomic E-state index is -0.408. The average Bonchev–Trinajstić information content (AvgIpc) is 2.18. The van der Waals surface area contributed by atoms with Gasteiger partial charge in [0.25, 0.3) is 5.69 Å². The summed E-state index contributed by atoms with van der Waals surface area (Å²) >= 11 is 0. The summed E-state index contributed by atoms with van der Waals surface area (Å²) in [6.07, 6.45) is 6.00. The zero-order chi connectivity index (χ0) is 10.6. The Morgan fingerprint density at radius 1 is 1.50 bits per heavy atom. The van der Waals surface area contributed by atoms with Gasteiger partial charge in [-0.15, -0.1) is 12.3 Å². The molecule has 1 rings (SSSR count). The van der Waals surface area contributed by atoms with E-state index in [-0.39, 0.29) is 11.6 Å². The molecule has 0 saturated heterocycles. The van der Waals surface area contributed by atoms with Crippen LogP contribution in [0.2, 0.25) is 0 Å². The van der Waals surface area contributed by atoms with E-state index >= 15 is 0 Å². The summed E-state index contributed by atoms with van der Waals surface area (Å²) in [6.45, 7) is 1.95. The topological polar surface area (TPSA) is 43.1 Å². The van der Waals surface area contributed by atoms with Crippen LogP contribution in [0.15, 0.2) is 24.3 Å². The molecule has 1 aromatic carbocycles. The first-order chi connectivity index (χ1) is 6.63. The van der Waals surface area contributed by atoms with Crippen LogP contribution in [0.25, 0.3) is 0 Å². The predicted molar refractivity (Wildman–Crippen MR) is 54.8 cm³/mol. The van der Waals surface area contributed by atoms with Gasteiger partial charge in [0, 0.05) is 18.1 Å². The molecule has 0 heterocycles. The average molecular weight is 189 g/mol. The number of non-ortho nitro benzene ring substituents is 1. The van der Waals surface area contributed by atoms with Gasteiger partial charge < -0.3 is 0 Å². The Balaban J connectivity index is 2.75. The van der Waals surface area contributed by atoms with Crippen molar-refractivity contribution in [3.8, 4) is 12.3 Å². The highest BCUT2D eigenvalue weighted by molar-refractivity contribution is 5.33. The van der Waals surface area contributed by atoms with Crippen molar-refractivity contribution in [3.05, 3.63) is 39.9 Å². The van der Waals surface area contributed by atoms with Gasteiger partial charge >= 0.3 is 0 Å². The van der Waals surface area contributed by atoms with Crippen LogP contribution in [0, 0.1) is 28.4 Å². The Morgan fingerprint density at radius 3 is 2.50 bits per heavy atom. The van der Waals surface area contributed by atoms with Crippen molar-refractivity contribution >= 4 is 5.69 Å². The molecule has 0 spiro atoms. The van der Waals surface area contributed by atoms with Crippen LogP contribution in [0.3, 0.4) is 0 Å². The van der Waals surface area contributed by atoms with Gasteiger partial charge in [0.2, 0.25) is 0 Å². The minimum absolute atomic E-state index is 0.113.